The summed E-state index contributed by atoms with van der Waals surface area (Å²) in [6.07, 6.45) is 0.251. The number of hydrogen-bond acceptors (Lipinski definition) is 7. The highest BCUT2D eigenvalue weighted by Gasteiger charge is 2.35. The van der Waals surface area contributed by atoms with Gasteiger partial charge in [0.15, 0.2) is 0 Å². The van der Waals surface area contributed by atoms with Crippen LogP contribution < -0.4 is 19.7 Å². The molecular formula is C22H22N4O5. The summed E-state index contributed by atoms with van der Waals surface area (Å²) < 4.78 is 16.1. The van der Waals surface area contributed by atoms with E-state index in [1.54, 1.807) is 36.3 Å². The van der Waals surface area contributed by atoms with Crippen LogP contribution in [0.1, 0.15) is 35.5 Å². The molecule has 9 heteroatoms. The minimum absolute atomic E-state index is 0.0113. The third-order valence-electron chi connectivity index (χ3n) is 4.95. The third kappa shape index (κ3) is 4.50. The Morgan fingerprint density at radius 2 is 1.84 bits per heavy atom. The fourth-order valence-electron chi connectivity index (χ4n) is 3.37. The molecule has 0 spiro atoms. The molecule has 0 aliphatic carbocycles. The van der Waals surface area contributed by atoms with E-state index in [1.165, 1.54) is 0 Å². The van der Waals surface area contributed by atoms with Crippen molar-refractivity contribution < 1.29 is 23.5 Å². The molecule has 1 atom stereocenters. The van der Waals surface area contributed by atoms with Crippen LogP contribution in [0.15, 0.2) is 52.9 Å². The van der Waals surface area contributed by atoms with Crippen LogP contribution >= 0.6 is 0 Å². The van der Waals surface area contributed by atoms with Gasteiger partial charge >= 0.3 is 6.01 Å². The quantitative estimate of drug-likeness (QED) is 0.623. The van der Waals surface area contributed by atoms with E-state index in [4.69, 9.17) is 13.9 Å². The highest BCUT2D eigenvalue weighted by molar-refractivity contribution is 6.03. The van der Waals surface area contributed by atoms with Gasteiger partial charge in [0, 0.05) is 24.2 Å². The minimum atomic E-state index is -0.378. The van der Waals surface area contributed by atoms with Crippen LogP contribution in [0.3, 0.4) is 0 Å². The fraction of sp³-hybridized carbons (Fsp3) is 0.273. The zero-order valence-corrected chi connectivity index (χ0v) is 17.2. The third-order valence-corrected chi connectivity index (χ3v) is 4.95. The van der Waals surface area contributed by atoms with E-state index in [1.807, 2.05) is 31.2 Å². The lowest BCUT2D eigenvalue weighted by molar-refractivity contribution is -0.117. The van der Waals surface area contributed by atoms with Crippen molar-refractivity contribution in [3.8, 4) is 11.5 Å². The SMILES string of the molecule is CCOc1ccc(N2CC(c3nnc(NC(=O)c4ccc(OC)cc4)o3)CC2=O)cc1. The molecule has 4 rings (SSSR count). The topological polar surface area (TPSA) is 107 Å². The lowest BCUT2D eigenvalue weighted by Gasteiger charge is -2.16. The predicted octanol–water partition coefficient (Wildman–Crippen LogP) is 3.25. The number of carbonyl (C=O) groups excluding carboxylic acids is 2. The van der Waals surface area contributed by atoms with E-state index in [2.05, 4.69) is 15.5 Å². The molecule has 2 amide bonds. The lowest BCUT2D eigenvalue weighted by atomic mass is 10.1. The number of nitrogens with zero attached hydrogens (tertiary/aromatic N) is 3. The monoisotopic (exact) mass is 422 g/mol. The lowest BCUT2D eigenvalue weighted by Crippen LogP contribution is -2.24. The summed E-state index contributed by atoms with van der Waals surface area (Å²) in [4.78, 5) is 26.6. The van der Waals surface area contributed by atoms with Gasteiger partial charge in [-0.05, 0) is 55.5 Å². The molecule has 1 fully saturated rings. The van der Waals surface area contributed by atoms with Crippen molar-refractivity contribution >= 4 is 23.5 Å². The predicted molar refractivity (Wildman–Crippen MR) is 113 cm³/mol. The van der Waals surface area contributed by atoms with E-state index in [9.17, 15) is 9.59 Å². The van der Waals surface area contributed by atoms with Crippen LogP contribution in [0.5, 0.6) is 11.5 Å². The Balaban J connectivity index is 1.40. The second kappa shape index (κ2) is 8.86. The Kier molecular flexibility index (Phi) is 5.83. The molecule has 1 aliphatic heterocycles. The number of anilines is 2. The molecule has 9 nitrogen and oxygen atoms in total. The summed E-state index contributed by atoms with van der Waals surface area (Å²) in [5.74, 6) is 1.06. The first-order valence-electron chi connectivity index (χ1n) is 9.89. The van der Waals surface area contributed by atoms with E-state index < -0.39 is 0 Å². The van der Waals surface area contributed by atoms with E-state index in [0.717, 1.165) is 11.4 Å². The minimum Gasteiger partial charge on any atom is -0.497 e. The number of nitrogens with one attached hydrogen (secondary N) is 1. The second-order valence-electron chi connectivity index (χ2n) is 6.96. The maximum Gasteiger partial charge on any atom is 0.322 e. The number of hydrogen-bond donors (Lipinski definition) is 1. The van der Waals surface area contributed by atoms with Crippen LogP contribution in [0.4, 0.5) is 11.7 Å². The average molecular weight is 422 g/mol. The maximum absolute atomic E-state index is 12.5. The van der Waals surface area contributed by atoms with E-state index >= 15 is 0 Å². The van der Waals surface area contributed by atoms with Crippen molar-refractivity contribution in [2.45, 2.75) is 19.3 Å². The van der Waals surface area contributed by atoms with Crippen molar-refractivity contribution in [1.82, 2.24) is 10.2 Å². The van der Waals surface area contributed by atoms with Crippen LogP contribution in [0, 0.1) is 0 Å². The average Bonchev–Trinajstić information content (AvgIpc) is 3.41. The molecule has 1 N–H and O–H groups in total. The van der Waals surface area contributed by atoms with Gasteiger partial charge in [-0.25, -0.2) is 0 Å². The number of ether oxygens (including phenoxy) is 2. The Bertz CT molecular complexity index is 1060. The number of methoxy groups -OCH3 is 1. The molecule has 2 aromatic carbocycles. The molecule has 31 heavy (non-hydrogen) atoms. The summed E-state index contributed by atoms with van der Waals surface area (Å²) in [5.41, 5.74) is 1.21. The first-order valence-corrected chi connectivity index (χ1v) is 9.89. The van der Waals surface area contributed by atoms with Crippen LogP contribution in [0.25, 0.3) is 0 Å². The first kappa shape index (κ1) is 20.4. The summed E-state index contributed by atoms with van der Waals surface area (Å²) in [6, 6.07) is 14.0. The second-order valence-corrected chi connectivity index (χ2v) is 6.96. The van der Waals surface area contributed by atoms with Crippen LogP contribution in [0.2, 0.25) is 0 Å². The molecule has 0 radical (unpaired) electrons. The normalized spacial score (nSPS) is 15.7. The molecule has 2 heterocycles. The van der Waals surface area contributed by atoms with Crippen LogP contribution in [-0.2, 0) is 4.79 Å². The summed E-state index contributed by atoms with van der Waals surface area (Å²) in [5, 5.41) is 10.5. The Labute approximate surface area is 179 Å². The van der Waals surface area contributed by atoms with Gasteiger partial charge in [-0.15, -0.1) is 5.10 Å². The maximum atomic E-state index is 12.5. The van der Waals surface area contributed by atoms with Gasteiger partial charge in [-0.1, -0.05) is 5.10 Å². The zero-order valence-electron chi connectivity index (χ0n) is 17.2. The Morgan fingerprint density at radius 3 is 2.52 bits per heavy atom. The van der Waals surface area contributed by atoms with Gasteiger partial charge in [0.1, 0.15) is 11.5 Å². The Morgan fingerprint density at radius 1 is 1.13 bits per heavy atom. The highest BCUT2D eigenvalue weighted by Crippen LogP contribution is 2.32. The first-order chi connectivity index (χ1) is 15.1. The van der Waals surface area contributed by atoms with Gasteiger partial charge in [0.2, 0.25) is 11.8 Å². The van der Waals surface area contributed by atoms with Gasteiger partial charge in [0.05, 0.1) is 19.6 Å². The van der Waals surface area contributed by atoms with Gasteiger partial charge in [0.25, 0.3) is 5.91 Å². The zero-order chi connectivity index (χ0) is 21.8. The summed E-state index contributed by atoms with van der Waals surface area (Å²) >= 11 is 0. The molecule has 0 saturated carbocycles. The number of amides is 2. The summed E-state index contributed by atoms with van der Waals surface area (Å²) in [7, 11) is 1.56. The highest BCUT2D eigenvalue weighted by atomic mass is 16.5. The number of rotatable bonds is 7. The van der Waals surface area contributed by atoms with Crippen LogP contribution in [-0.4, -0.2) is 42.3 Å². The van der Waals surface area contributed by atoms with Crippen molar-refractivity contribution in [2.75, 3.05) is 30.5 Å². The van der Waals surface area contributed by atoms with Crippen molar-refractivity contribution in [1.29, 1.82) is 0 Å². The van der Waals surface area contributed by atoms with Gasteiger partial charge < -0.3 is 18.8 Å². The van der Waals surface area contributed by atoms with E-state index in [-0.39, 0.29) is 30.2 Å². The number of benzene rings is 2. The molecule has 1 aromatic heterocycles. The largest absolute Gasteiger partial charge is 0.497 e. The van der Waals surface area contributed by atoms with E-state index in [0.29, 0.717) is 30.4 Å². The molecule has 1 aliphatic rings. The van der Waals surface area contributed by atoms with Crippen molar-refractivity contribution in [3.05, 3.63) is 60.0 Å². The Hall–Kier alpha value is -3.88. The van der Waals surface area contributed by atoms with Gasteiger partial charge in [-0.2, -0.15) is 0 Å². The molecule has 3 aromatic rings. The van der Waals surface area contributed by atoms with Crippen molar-refractivity contribution in [3.63, 3.8) is 0 Å². The molecular weight excluding hydrogens is 400 g/mol. The standard InChI is InChI=1S/C22H22N4O5/c1-3-30-18-10-6-16(7-11-18)26-13-15(12-19(26)27)21-24-25-22(31-21)23-20(28)14-4-8-17(29-2)9-5-14/h4-11,15H,3,12-13H2,1-2H3,(H,23,25,28). The summed E-state index contributed by atoms with van der Waals surface area (Å²) in [6.45, 7) is 2.92. The molecule has 160 valence electrons. The number of carbonyl (C=O) groups is 2. The van der Waals surface area contributed by atoms with Crippen molar-refractivity contribution in [2.24, 2.45) is 0 Å². The smallest absolute Gasteiger partial charge is 0.322 e. The number of aromatic nitrogens is 2. The fourth-order valence-corrected chi connectivity index (χ4v) is 3.37. The van der Waals surface area contributed by atoms with Gasteiger partial charge in [-0.3, -0.25) is 14.9 Å². The molecule has 0 bridgehead atoms. The molecule has 1 saturated heterocycles. The molecule has 1 unspecified atom stereocenters.